The lowest BCUT2D eigenvalue weighted by Crippen LogP contribution is -2.62. The Morgan fingerprint density at radius 3 is 2.00 bits per heavy atom. The third kappa shape index (κ3) is 3.38. The van der Waals surface area contributed by atoms with Gasteiger partial charge in [0, 0.05) is 6.54 Å². The number of hydrogen-bond donors (Lipinski definition) is 1. The van der Waals surface area contributed by atoms with E-state index in [2.05, 4.69) is 0 Å². The first-order valence-corrected chi connectivity index (χ1v) is 8.53. The van der Waals surface area contributed by atoms with E-state index in [9.17, 15) is 4.79 Å². The third-order valence-corrected chi connectivity index (χ3v) is 4.79. The first-order valence-electron chi connectivity index (χ1n) is 8.53. The molecule has 0 saturated carbocycles. The van der Waals surface area contributed by atoms with Crippen LogP contribution in [0.15, 0.2) is 36.4 Å². The van der Waals surface area contributed by atoms with Gasteiger partial charge in [-0.25, -0.2) is 0 Å². The molecule has 0 aromatic heterocycles. The molecule has 0 bridgehead atoms. The van der Waals surface area contributed by atoms with E-state index in [-0.39, 0.29) is 11.9 Å². The van der Waals surface area contributed by atoms with Crippen molar-refractivity contribution in [1.29, 1.82) is 0 Å². The van der Waals surface area contributed by atoms with Crippen LogP contribution in [0.3, 0.4) is 0 Å². The van der Waals surface area contributed by atoms with E-state index < -0.39 is 6.04 Å². The van der Waals surface area contributed by atoms with E-state index in [1.165, 1.54) is 0 Å². The topological polar surface area (TPSA) is 83.3 Å². The number of nitrogens with zero attached hydrogens (tertiary/aromatic N) is 1. The molecule has 1 heterocycles. The molecule has 27 heavy (non-hydrogen) atoms. The normalized spacial score (nSPS) is 18.7. The molecule has 2 aromatic rings. The Morgan fingerprint density at radius 2 is 1.41 bits per heavy atom. The van der Waals surface area contributed by atoms with E-state index in [1.54, 1.807) is 33.3 Å². The summed E-state index contributed by atoms with van der Waals surface area (Å²) >= 11 is 0. The molecule has 2 N–H and O–H groups in total. The zero-order valence-corrected chi connectivity index (χ0v) is 15.9. The standard InChI is InChI=1S/C20H24N2O5/c1-24-14-7-5-12(9-16(14)26-3)11-22-19(18(21)20(22)23)13-6-8-15(25-2)17(10-13)27-4/h5-10,18-19H,11,21H2,1-4H3/t18-,19-/m1/s1. The first-order chi connectivity index (χ1) is 13.0. The number of carbonyl (C=O) groups excluding carboxylic acids is 1. The van der Waals surface area contributed by atoms with Gasteiger partial charge in [0.05, 0.1) is 34.5 Å². The molecule has 144 valence electrons. The summed E-state index contributed by atoms with van der Waals surface area (Å²) in [6, 6.07) is 10.4. The second-order valence-corrected chi connectivity index (χ2v) is 6.24. The van der Waals surface area contributed by atoms with Crippen LogP contribution in [0.4, 0.5) is 0 Å². The monoisotopic (exact) mass is 372 g/mol. The van der Waals surface area contributed by atoms with Gasteiger partial charge in [-0.3, -0.25) is 4.79 Å². The molecule has 1 aliphatic heterocycles. The summed E-state index contributed by atoms with van der Waals surface area (Å²) < 4.78 is 21.2. The van der Waals surface area contributed by atoms with E-state index in [0.29, 0.717) is 29.5 Å². The second-order valence-electron chi connectivity index (χ2n) is 6.24. The van der Waals surface area contributed by atoms with Crippen LogP contribution in [0.1, 0.15) is 17.2 Å². The van der Waals surface area contributed by atoms with Crippen molar-refractivity contribution in [2.45, 2.75) is 18.6 Å². The van der Waals surface area contributed by atoms with E-state index in [1.807, 2.05) is 36.4 Å². The van der Waals surface area contributed by atoms with Crippen molar-refractivity contribution >= 4 is 5.91 Å². The van der Waals surface area contributed by atoms with Crippen LogP contribution in [0.2, 0.25) is 0 Å². The van der Waals surface area contributed by atoms with Crippen molar-refractivity contribution in [2.24, 2.45) is 5.73 Å². The van der Waals surface area contributed by atoms with Crippen LogP contribution in [0.25, 0.3) is 0 Å². The Kier molecular flexibility index (Phi) is 5.41. The molecule has 0 unspecified atom stereocenters. The van der Waals surface area contributed by atoms with Gasteiger partial charge in [0.25, 0.3) is 0 Å². The van der Waals surface area contributed by atoms with Crippen LogP contribution < -0.4 is 24.7 Å². The van der Waals surface area contributed by atoms with E-state index >= 15 is 0 Å². The van der Waals surface area contributed by atoms with E-state index in [4.69, 9.17) is 24.7 Å². The number of β-lactam (4-membered cyclic amide) rings is 1. The Labute approximate surface area is 158 Å². The minimum Gasteiger partial charge on any atom is -0.493 e. The number of hydrogen-bond acceptors (Lipinski definition) is 6. The minimum absolute atomic E-state index is 0.0930. The van der Waals surface area contributed by atoms with Crippen LogP contribution >= 0.6 is 0 Å². The smallest absolute Gasteiger partial charge is 0.242 e. The van der Waals surface area contributed by atoms with Gasteiger partial charge in [-0.2, -0.15) is 0 Å². The van der Waals surface area contributed by atoms with Gasteiger partial charge in [0.2, 0.25) is 5.91 Å². The largest absolute Gasteiger partial charge is 0.493 e. The number of likely N-dealkylation sites (tertiary alicyclic amines) is 1. The molecule has 0 aliphatic carbocycles. The summed E-state index contributed by atoms with van der Waals surface area (Å²) in [6.45, 7) is 0.423. The Balaban J connectivity index is 1.86. The van der Waals surface area contributed by atoms with E-state index in [0.717, 1.165) is 11.1 Å². The second kappa shape index (κ2) is 7.75. The maximum atomic E-state index is 12.4. The molecule has 0 radical (unpaired) electrons. The van der Waals surface area contributed by atoms with Crippen molar-refractivity contribution in [1.82, 2.24) is 4.90 Å². The molecular weight excluding hydrogens is 348 g/mol. The molecule has 3 rings (SSSR count). The molecule has 7 nitrogen and oxygen atoms in total. The molecule has 0 spiro atoms. The van der Waals surface area contributed by atoms with Gasteiger partial charge in [0.15, 0.2) is 23.0 Å². The molecule has 2 aromatic carbocycles. The lowest BCUT2D eigenvalue weighted by molar-refractivity contribution is -0.150. The summed E-state index contributed by atoms with van der Waals surface area (Å²) in [5, 5.41) is 0. The number of ether oxygens (including phenoxy) is 4. The minimum atomic E-state index is -0.580. The lowest BCUT2D eigenvalue weighted by atomic mass is 9.88. The van der Waals surface area contributed by atoms with Gasteiger partial charge in [0.1, 0.15) is 6.04 Å². The first kappa shape index (κ1) is 18.8. The number of methoxy groups -OCH3 is 4. The predicted molar refractivity (Wildman–Crippen MR) is 100 cm³/mol. The zero-order valence-electron chi connectivity index (χ0n) is 15.9. The average Bonchev–Trinajstić information content (AvgIpc) is 2.72. The van der Waals surface area contributed by atoms with Gasteiger partial charge in [-0.05, 0) is 35.4 Å². The highest BCUT2D eigenvalue weighted by Crippen LogP contribution is 2.39. The van der Waals surface area contributed by atoms with Gasteiger partial charge < -0.3 is 29.6 Å². The van der Waals surface area contributed by atoms with Gasteiger partial charge in [-0.1, -0.05) is 12.1 Å². The number of nitrogens with two attached hydrogens (primary N) is 1. The quantitative estimate of drug-likeness (QED) is 0.750. The summed E-state index contributed by atoms with van der Waals surface area (Å²) in [5.41, 5.74) is 7.93. The fourth-order valence-corrected chi connectivity index (χ4v) is 3.35. The number of amides is 1. The fourth-order valence-electron chi connectivity index (χ4n) is 3.35. The zero-order chi connectivity index (χ0) is 19.6. The molecule has 1 amide bonds. The van der Waals surface area contributed by atoms with Gasteiger partial charge in [-0.15, -0.1) is 0 Å². The summed E-state index contributed by atoms with van der Waals surface area (Å²) in [6.07, 6.45) is 0. The third-order valence-electron chi connectivity index (χ3n) is 4.79. The van der Waals surface area contributed by atoms with Crippen LogP contribution in [-0.2, 0) is 11.3 Å². The maximum absolute atomic E-state index is 12.4. The molecule has 1 saturated heterocycles. The van der Waals surface area contributed by atoms with Crippen molar-refractivity contribution in [3.63, 3.8) is 0 Å². The molecule has 1 fully saturated rings. The van der Waals surface area contributed by atoms with Crippen LogP contribution in [0.5, 0.6) is 23.0 Å². The maximum Gasteiger partial charge on any atom is 0.242 e. The SMILES string of the molecule is COc1ccc(CN2C(=O)[C@H](N)[C@H]2c2ccc(OC)c(OC)c2)cc1OC. The number of rotatable bonds is 7. The number of benzene rings is 2. The summed E-state index contributed by atoms with van der Waals surface area (Å²) in [4.78, 5) is 14.1. The Morgan fingerprint density at radius 1 is 0.852 bits per heavy atom. The molecular formula is C20H24N2O5. The highest BCUT2D eigenvalue weighted by atomic mass is 16.5. The van der Waals surface area contributed by atoms with Crippen molar-refractivity contribution in [2.75, 3.05) is 28.4 Å². The van der Waals surface area contributed by atoms with Gasteiger partial charge >= 0.3 is 0 Å². The van der Waals surface area contributed by atoms with Crippen molar-refractivity contribution in [3.8, 4) is 23.0 Å². The highest BCUT2D eigenvalue weighted by Gasteiger charge is 2.45. The lowest BCUT2D eigenvalue weighted by Gasteiger charge is -2.46. The van der Waals surface area contributed by atoms with Crippen LogP contribution in [-0.4, -0.2) is 45.3 Å². The Bertz CT molecular complexity index is 839. The highest BCUT2D eigenvalue weighted by molar-refractivity contribution is 5.89. The fraction of sp³-hybridized carbons (Fsp3) is 0.350. The van der Waals surface area contributed by atoms with Crippen molar-refractivity contribution in [3.05, 3.63) is 47.5 Å². The van der Waals surface area contributed by atoms with Crippen LogP contribution in [0, 0.1) is 0 Å². The molecule has 2 atom stereocenters. The number of carbonyl (C=O) groups is 1. The summed E-state index contributed by atoms with van der Waals surface area (Å²) in [5.74, 6) is 2.41. The van der Waals surface area contributed by atoms with Crippen molar-refractivity contribution < 1.29 is 23.7 Å². The average molecular weight is 372 g/mol. The molecule has 1 aliphatic rings. The Hall–Kier alpha value is -2.93. The predicted octanol–water partition coefficient (Wildman–Crippen LogP) is 2.13. The molecule has 7 heteroatoms. The summed E-state index contributed by atoms with van der Waals surface area (Å²) in [7, 11) is 6.33.